The number of thiophene rings is 1. The molecule has 0 spiro atoms. The van der Waals surface area contributed by atoms with Gasteiger partial charge in [0.15, 0.2) is 0 Å². The molecule has 0 aliphatic carbocycles. The summed E-state index contributed by atoms with van der Waals surface area (Å²) in [5.41, 5.74) is 8.67. The van der Waals surface area contributed by atoms with E-state index >= 15 is 0 Å². The van der Waals surface area contributed by atoms with Gasteiger partial charge in [-0.15, -0.1) is 11.3 Å². The van der Waals surface area contributed by atoms with Crippen LogP contribution in [0.5, 0.6) is 0 Å². The predicted molar refractivity (Wildman–Crippen MR) is 78.4 cm³/mol. The van der Waals surface area contributed by atoms with Crippen molar-refractivity contribution in [1.82, 2.24) is 0 Å². The minimum Gasteiger partial charge on any atom is -0.324 e. The molecule has 2 rings (SSSR count). The first-order valence-electron chi connectivity index (χ1n) is 5.71. The molecule has 1 unspecified atom stereocenters. The minimum atomic E-state index is 0.119. The van der Waals surface area contributed by atoms with Crippen molar-refractivity contribution in [3.63, 3.8) is 0 Å². The zero-order valence-corrected chi connectivity index (χ0v) is 12.2. The van der Waals surface area contributed by atoms with E-state index in [1.165, 1.54) is 16.0 Å². The lowest BCUT2D eigenvalue weighted by Crippen LogP contribution is -2.11. The number of halogens is 1. The Morgan fingerprint density at radius 3 is 2.82 bits per heavy atom. The molecular weight excluding hydrogens is 294 g/mol. The Balaban J connectivity index is 1.99. The molecule has 0 saturated carbocycles. The van der Waals surface area contributed by atoms with E-state index in [1.807, 2.05) is 0 Å². The van der Waals surface area contributed by atoms with E-state index in [0.717, 1.165) is 17.3 Å². The molecule has 1 aromatic carbocycles. The molecule has 2 aromatic rings. The Hall–Kier alpha value is -0.640. The molecule has 0 aliphatic heterocycles. The lowest BCUT2D eigenvalue weighted by molar-refractivity contribution is 0.655. The Labute approximate surface area is 115 Å². The van der Waals surface area contributed by atoms with Gasteiger partial charge in [-0.1, -0.05) is 34.1 Å². The molecule has 3 heteroatoms. The summed E-state index contributed by atoms with van der Waals surface area (Å²) in [5, 5.41) is 2.11. The van der Waals surface area contributed by atoms with Crippen LogP contribution >= 0.6 is 27.3 Å². The van der Waals surface area contributed by atoms with Crippen LogP contribution in [0.25, 0.3) is 0 Å². The average molecular weight is 310 g/mol. The molecule has 0 radical (unpaired) electrons. The van der Waals surface area contributed by atoms with Crippen molar-refractivity contribution in [3.05, 3.63) is 56.2 Å². The van der Waals surface area contributed by atoms with Crippen LogP contribution in [0, 0.1) is 6.92 Å². The Morgan fingerprint density at radius 2 is 2.18 bits per heavy atom. The second-order valence-corrected chi connectivity index (χ2v) is 6.12. The quantitative estimate of drug-likeness (QED) is 0.887. The maximum absolute atomic E-state index is 6.21. The molecule has 90 valence electrons. The van der Waals surface area contributed by atoms with Gasteiger partial charge in [0.2, 0.25) is 0 Å². The van der Waals surface area contributed by atoms with Gasteiger partial charge in [0.05, 0.1) is 0 Å². The highest BCUT2D eigenvalue weighted by atomic mass is 79.9. The van der Waals surface area contributed by atoms with E-state index in [0.29, 0.717) is 0 Å². The first-order valence-corrected chi connectivity index (χ1v) is 7.38. The molecule has 17 heavy (non-hydrogen) atoms. The van der Waals surface area contributed by atoms with Crippen LogP contribution in [0.3, 0.4) is 0 Å². The number of hydrogen-bond acceptors (Lipinski definition) is 2. The van der Waals surface area contributed by atoms with Crippen LogP contribution in [-0.2, 0) is 6.42 Å². The summed E-state index contributed by atoms with van der Waals surface area (Å²) in [7, 11) is 0. The number of aryl methyl sites for hydroxylation is 2. The molecule has 0 bridgehead atoms. The highest BCUT2D eigenvalue weighted by molar-refractivity contribution is 9.10. The van der Waals surface area contributed by atoms with Gasteiger partial charge in [-0.25, -0.2) is 0 Å². The normalized spacial score (nSPS) is 12.6. The minimum absolute atomic E-state index is 0.119. The van der Waals surface area contributed by atoms with Crippen molar-refractivity contribution in [1.29, 1.82) is 0 Å². The summed E-state index contributed by atoms with van der Waals surface area (Å²) in [6.45, 7) is 2.09. The average Bonchev–Trinajstić information content (AvgIpc) is 2.82. The highest BCUT2D eigenvalue weighted by Gasteiger charge is 2.08. The standard InChI is InChI=1S/C14H16BrNS/c1-10-4-5-11(9-13(10)15)14(16)7-6-12-3-2-8-17-12/h2-5,8-9,14H,6-7,16H2,1H3. The van der Waals surface area contributed by atoms with E-state index in [2.05, 4.69) is 58.6 Å². The molecule has 1 heterocycles. The monoisotopic (exact) mass is 309 g/mol. The molecular formula is C14H16BrNS. The fraction of sp³-hybridized carbons (Fsp3) is 0.286. The molecule has 1 aromatic heterocycles. The first kappa shape index (κ1) is 12.8. The maximum atomic E-state index is 6.21. The van der Waals surface area contributed by atoms with Crippen molar-refractivity contribution in [3.8, 4) is 0 Å². The second kappa shape index (κ2) is 5.80. The predicted octanol–water partition coefficient (Wildman–Crippen LogP) is 4.45. The molecule has 0 fully saturated rings. The van der Waals surface area contributed by atoms with Crippen LogP contribution in [0.4, 0.5) is 0 Å². The third-order valence-electron chi connectivity index (χ3n) is 2.91. The smallest absolute Gasteiger partial charge is 0.0298 e. The van der Waals surface area contributed by atoms with Crippen molar-refractivity contribution >= 4 is 27.3 Å². The van der Waals surface area contributed by atoms with Crippen LogP contribution in [0.2, 0.25) is 0 Å². The molecule has 2 N–H and O–H groups in total. The van der Waals surface area contributed by atoms with Crippen molar-refractivity contribution < 1.29 is 0 Å². The molecule has 0 amide bonds. The van der Waals surface area contributed by atoms with Crippen molar-refractivity contribution in [2.24, 2.45) is 5.73 Å². The van der Waals surface area contributed by atoms with Gasteiger partial charge in [0.1, 0.15) is 0 Å². The van der Waals surface area contributed by atoms with Gasteiger partial charge in [0, 0.05) is 15.4 Å². The summed E-state index contributed by atoms with van der Waals surface area (Å²) in [5.74, 6) is 0. The van der Waals surface area contributed by atoms with E-state index in [1.54, 1.807) is 11.3 Å². The van der Waals surface area contributed by atoms with Crippen molar-refractivity contribution in [2.45, 2.75) is 25.8 Å². The lowest BCUT2D eigenvalue weighted by Gasteiger charge is -2.12. The largest absolute Gasteiger partial charge is 0.324 e. The summed E-state index contributed by atoms with van der Waals surface area (Å²) >= 11 is 5.35. The SMILES string of the molecule is Cc1ccc(C(N)CCc2cccs2)cc1Br. The fourth-order valence-corrected chi connectivity index (χ4v) is 2.88. The lowest BCUT2D eigenvalue weighted by atomic mass is 10.0. The van der Waals surface area contributed by atoms with E-state index < -0.39 is 0 Å². The molecule has 0 aliphatic rings. The summed E-state index contributed by atoms with van der Waals surface area (Å²) in [6, 6.07) is 10.8. The number of rotatable bonds is 4. The van der Waals surface area contributed by atoms with Crippen LogP contribution in [0.15, 0.2) is 40.2 Å². The Morgan fingerprint density at radius 1 is 1.35 bits per heavy atom. The third kappa shape index (κ3) is 3.41. The number of hydrogen-bond donors (Lipinski definition) is 1. The van der Waals surface area contributed by atoms with Crippen molar-refractivity contribution in [2.75, 3.05) is 0 Å². The van der Waals surface area contributed by atoms with Gasteiger partial charge in [-0.3, -0.25) is 0 Å². The third-order valence-corrected chi connectivity index (χ3v) is 4.70. The van der Waals surface area contributed by atoms with Crippen LogP contribution in [-0.4, -0.2) is 0 Å². The van der Waals surface area contributed by atoms with Gasteiger partial charge >= 0.3 is 0 Å². The molecule has 0 saturated heterocycles. The zero-order chi connectivity index (χ0) is 12.3. The van der Waals surface area contributed by atoms with Gasteiger partial charge in [0.25, 0.3) is 0 Å². The summed E-state index contributed by atoms with van der Waals surface area (Å²) < 4.78 is 1.14. The van der Waals surface area contributed by atoms with E-state index in [4.69, 9.17) is 5.73 Å². The molecule has 1 atom stereocenters. The van der Waals surface area contributed by atoms with Crippen LogP contribution < -0.4 is 5.73 Å². The highest BCUT2D eigenvalue weighted by Crippen LogP contribution is 2.24. The maximum Gasteiger partial charge on any atom is 0.0298 e. The fourth-order valence-electron chi connectivity index (χ4n) is 1.76. The van der Waals surface area contributed by atoms with Gasteiger partial charge < -0.3 is 5.73 Å². The van der Waals surface area contributed by atoms with Gasteiger partial charge in [-0.05, 0) is 48.4 Å². The topological polar surface area (TPSA) is 26.0 Å². The zero-order valence-electron chi connectivity index (χ0n) is 9.82. The second-order valence-electron chi connectivity index (χ2n) is 4.23. The van der Waals surface area contributed by atoms with Gasteiger partial charge in [-0.2, -0.15) is 0 Å². The number of benzene rings is 1. The van der Waals surface area contributed by atoms with E-state index in [9.17, 15) is 0 Å². The summed E-state index contributed by atoms with van der Waals surface area (Å²) in [6.07, 6.45) is 2.06. The Bertz CT molecular complexity index is 479. The number of nitrogens with two attached hydrogens (primary N) is 1. The first-order chi connectivity index (χ1) is 8.16. The van der Waals surface area contributed by atoms with Crippen LogP contribution in [0.1, 0.15) is 28.5 Å². The summed E-state index contributed by atoms with van der Waals surface area (Å²) in [4.78, 5) is 1.41. The Kier molecular flexibility index (Phi) is 4.37. The van der Waals surface area contributed by atoms with E-state index in [-0.39, 0.29) is 6.04 Å². The molecule has 1 nitrogen and oxygen atoms in total.